The van der Waals surface area contributed by atoms with Crippen molar-refractivity contribution in [2.75, 3.05) is 18.5 Å². The van der Waals surface area contributed by atoms with Gasteiger partial charge in [-0.15, -0.1) is 0 Å². The molecule has 1 aliphatic carbocycles. The molecular weight excluding hydrogens is 287 g/mol. The SMILES string of the molecule is NC[C@H]1CC[C@@H](C(=O)Nc2ccc(F)cc2OCC2CC2)O1. The highest BCUT2D eigenvalue weighted by Crippen LogP contribution is 2.32. The highest BCUT2D eigenvalue weighted by molar-refractivity contribution is 5.95. The topological polar surface area (TPSA) is 73.6 Å². The molecule has 120 valence electrons. The van der Waals surface area contributed by atoms with E-state index in [0.29, 0.717) is 36.9 Å². The van der Waals surface area contributed by atoms with Gasteiger partial charge in [-0.3, -0.25) is 4.79 Å². The van der Waals surface area contributed by atoms with E-state index in [9.17, 15) is 9.18 Å². The maximum atomic E-state index is 13.4. The Morgan fingerprint density at radius 3 is 2.86 bits per heavy atom. The number of nitrogens with one attached hydrogen (secondary N) is 1. The van der Waals surface area contributed by atoms with E-state index in [1.165, 1.54) is 18.2 Å². The molecule has 2 atom stereocenters. The minimum Gasteiger partial charge on any atom is -0.491 e. The third-order valence-electron chi connectivity index (χ3n) is 4.04. The Balaban J connectivity index is 1.64. The molecule has 1 aromatic carbocycles. The van der Waals surface area contributed by atoms with Crippen LogP contribution in [0.3, 0.4) is 0 Å². The zero-order valence-corrected chi connectivity index (χ0v) is 12.4. The Morgan fingerprint density at radius 1 is 1.36 bits per heavy atom. The Hall–Kier alpha value is -1.66. The molecule has 1 amide bonds. The van der Waals surface area contributed by atoms with Crippen LogP contribution in [-0.2, 0) is 9.53 Å². The summed E-state index contributed by atoms with van der Waals surface area (Å²) in [5.41, 5.74) is 6.02. The lowest BCUT2D eigenvalue weighted by atomic mass is 10.2. The molecule has 1 heterocycles. The van der Waals surface area contributed by atoms with Crippen LogP contribution in [0.15, 0.2) is 18.2 Å². The van der Waals surface area contributed by atoms with Gasteiger partial charge in [0.1, 0.15) is 17.7 Å². The van der Waals surface area contributed by atoms with Crippen molar-refractivity contribution in [3.8, 4) is 5.75 Å². The molecule has 0 bridgehead atoms. The molecule has 1 saturated carbocycles. The molecule has 3 N–H and O–H groups in total. The molecule has 2 fully saturated rings. The normalized spacial score (nSPS) is 24.3. The van der Waals surface area contributed by atoms with Gasteiger partial charge >= 0.3 is 0 Å². The van der Waals surface area contributed by atoms with Crippen molar-refractivity contribution in [2.45, 2.75) is 37.9 Å². The van der Waals surface area contributed by atoms with E-state index in [4.69, 9.17) is 15.2 Å². The highest BCUT2D eigenvalue weighted by Gasteiger charge is 2.30. The minimum absolute atomic E-state index is 0.0606. The summed E-state index contributed by atoms with van der Waals surface area (Å²) in [6.07, 6.45) is 3.15. The van der Waals surface area contributed by atoms with E-state index < -0.39 is 6.10 Å². The van der Waals surface area contributed by atoms with E-state index in [1.807, 2.05) is 0 Å². The summed E-state index contributed by atoms with van der Waals surface area (Å²) >= 11 is 0. The summed E-state index contributed by atoms with van der Waals surface area (Å²) in [5, 5.41) is 2.77. The van der Waals surface area contributed by atoms with Crippen molar-refractivity contribution in [1.29, 1.82) is 0 Å². The van der Waals surface area contributed by atoms with Crippen LogP contribution in [0.1, 0.15) is 25.7 Å². The van der Waals surface area contributed by atoms with Crippen molar-refractivity contribution in [1.82, 2.24) is 0 Å². The summed E-state index contributed by atoms with van der Waals surface area (Å²) in [6, 6.07) is 4.12. The van der Waals surface area contributed by atoms with Crippen molar-refractivity contribution in [2.24, 2.45) is 11.7 Å². The number of ether oxygens (including phenoxy) is 2. The molecule has 0 unspecified atom stereocenters. The standard InChI is InChI=1S/C16H21FN2O3/c17-11-3-5-13(15(7-11)21-9-10-1-2-10)19-16(20)14-6-4-12(8-18)22-14/h3,5,7,10,12,14H,1-2,4,6,8-9,18H2,(H,19,20)/t12-,14+/m1/s1. The fourth-order valence-corrected chi connectivity index (χ4v) is 2.50. The smallest absolute Gasteiger partial charge is 0.253 e. The van der Waals surface area contributed by atoms with E-state index in [1.54, 1.807) is 0 Å². The molecule has 5 nitrogen and oxygen atoms in total. The number of amides is 1. The Morgan fingerprint density at radius 2 is 2.18 bits per heavy atom. The fourth-order valence-electron chi connectivity index (χ4n) is 2.50. The number of carbonyl (C=O) groups excluding carboxylic acids is 1. The Kier molecular flexibility index (Phi) is 4.59. The molecule has 6 heteroatoms. The van der Waals surface area contributed by atoms with Crippen LogP contribution in [0.5, 0.6) is 5.75 Å². The van der Waals surface area contributed by atoms with Crippen LogP contribution < -0.4 is 15.8 Å². The average Bonchev–Trinajstić information content (AvgIpc) is 3.21. The number of hydrogen-bond acceptors (Lipinski definition) is 4. The van der Waals surface area contributed by atoms with Gasteiger partial charge in [0.05, 0.1) is 18.4 Å². The molecule has 2 aliphatic rings. The minimum atomic E-state index is -0.505. The predicted molar refractivity (Wildman–Crippen MR) is 80.2 cm³/mol. The highest BCUT2D eigenvalue weighted by atomic mass is 19.1. The van der Waals surface area contributed by atoms with Crippen LogP contribution in [0.25, 0.3) is 0 Å². The molecule has 0 spiro atoms. The van der Waals surface area contributed by atoms with Crippen molar-refractivity contribution < 1.29 is 18.7 Å². The average molecular weight is 308 g/mol. The first-order valence-corrected chi connectivity index (χ1v) is 7.74. The molecule has 1 aromatic rings. The first kappa shape index (κ1) is 15.2. The number of benzene rings is 1. The van der Waals surface area contributed by atoms with Crippen molar-refractivity contribution >= 4 is 11.6 Å². The number of anilines is 1. The van der Waals surface area contributed by atoms with E-state index >= 15 is 0 Å². The fraction of sp³-hybridized carbons (Fsp3) is 0.562. The number of hydrogen-bond donors (Lipinski definition) is 2. The number of nitrogens with two attached hydrogens (primary N) is 1. The van der Waals surface area contributed by atoms with Gasteiger partial charge in [-0.25, -0.2) is 4.39 Å². The van der Waals surface area contributed by atoms with Crippen LogP contribution >= 0.6 is 0 Å². The van der Waals surface area contributed by atoms with E-state index in [2.05, 4.69) is 5.32 Å². The van der Waals surface area contributed by atoms with Crippen LogP contribution in [0.4, 0.5) is 10.1 Å². The van der Waals surface area contributed by atoms with Gasteiger partial charge in [0.25, 0.3) is 5.91 Å². The first-order valence-electron chi connectivity index (χ1n) is 7.74. The van der Waals surface area contributed by atoms with Crippen LogP contribution in [0.2, 0.25) is 0 Å². The molecule has 1 aliphatic heterocycles. The number of halogens is 1. The lowest BCUT2D eigenvalue weighted by molar-refractivity contribution is -0.126. The first-order chi connectivity index (χ1) is 10.7. The zero-order valence-electron chi connectivity index (χ0n) is 12.4. The summed E-state index contributed by atoms with van der Waals surface area (Å²) in [5.74, 6) is 0.298. The summed E-state index contributed by atoms with van der Waals surface area (Å²) < 4.78 is 24.6. The van der Waals surface area contributed by atoms with Gasteiger partial charge in [0, 0.05) is 12.6 Å². The van der Waals surface area contributed by atoms with E-state index in [-0.39, 0.29) is 17.8 Å². The summed E-state index contributed by atoms with van der Waals surface area (Å²) in [7, 11) is 0. The lowest BCUT2D eigenvalue weighted by Crippen LogP contribution is -2.30. The van der Waals surface area contributed by atoms with E-state index in [0.717, 1.165) is 19.3 Å². The molecule has 3 rings (SSSR count). The molecule has 0 aromatic heterocycles. The number of carbonyl (C=O) groups is 1. The number of rotatable bonds is 6. The summed E-state index contributed by atoms with van der Waals surface area (Å²) in [4.78, 5) is 12.2. The third kappa shape index (κ3) is 3.75. The second kappa shape index (κ2) is 6.62. The van der Waals surface area contributed by atoms with Crippen molar-refractivity contribution in [3.05, 3.63) is 24.0 Å². The van der Waals surface area contributed by atoms with Crippen molar-refractivity contribution in [3.63, 3.8) is 0 Å². The maximum absolute atomic E-state index is 13.4. The summed E-state index contributed by atoms with van der Waals surface area (Å²) in [6.45, 7) is 0.970. The molecule has 0 radical (unpaired) electrons. The Bertz CT molecular complexity index is 548. The van der Waals surface area contributed by atoms with Gasteiger partial charge in [0.15, 0.2) is 0 Å². The van der Waals surface area contributed by atoms with Gasteiger partial charge in [0.2, 0.25) is 0 Å². The van der Waals surface area contributed by atoms with Crippen LogP contribution in [-0.4, -0.2) is 31.3 Å². The zero-order chi connectivity index (χ0) is 15.5. The lowest BCUT2D eigenvalue weighted by Gasteiger charge is -2.15. The molecule has 1 saturated heterocycles. The molecule has 22 heavy (non-hydrogen) atoms. The second-order valence-electron chi connectivity index (χ2n) is 5.94. The largest absolute Gasteiger partial charge is 0.491 e. The monoisotopic (exact) mass is 308 g/mol. The van der Waals surface area contributed by atoms with Gasteiger partial charge < -0.3 is 20.5 Å². The second-order valence-corrected chi connectivity index (χ2v) is 5.94. The van der Waals surface area contributed by atoms with Gasteiger partial charge in [-0.2, -0.15) is 0 Å². The van der Waals surface area contributed by atoms with Gasteiger partial charge in [-0.1, -0.05) is 0 Å². The third-order valence-corrected chi connectivity index (χ3v) is 4.04. The maximum Gasteiger partial charge on any atom is 0.253 e. The Labute approximate surface area is 129 Å². The van der Waals surface area contributed by atoms with Crippen LogP contribution in [0, 0.1) is 11.7 Å². The van der Waals surface area contributed by atoms with Gasteiger partial charge in [-0.05, 0) is 43.7 Å². The molecular formula is C16H21FN2O3. The quantitative estimate of drug-likeness (QED) is 0.843. The predicted octanol–water partition coefficient (Wildman–Crippen LogP) is 2.06.